The summed E-state index contributed by atoms with van der Waals surface area (Å²) in [5.41, 5.74) is 1.81. The summed E-state index contributed by atoms with van der Waals surface area (Å²) in [7, 11) is 0. The first kappa shape index (κ1) is 13.6. The second kappa shape index (κ2) is 5.43. The molecule has 18 heavy (non-hydrogen) atoms. The molecule has 94 valence electrons. The van der Waals surface area contributed by atoms with E-state index in [9.17, 15) is 4.79 Å². The van der Waals surface area contributed by atoms with Crippen molar-refractivity contribution in [1.29, 1.82) is 0 Å². The van der Waals surface area contributed by atoms with Crippen LogP contribution >= 0.6 is 38.9 Å². The smallest absolute Gasteiger partial charge is 0.265 e. The highest BCUT2D eigenvalue weighted by atomic mass is 79.9. The fourth-order valence-electron chi connectivity index (χ4n) is 1.47. The van der Waals surface area contributed by atoms with Crippen molar-refractivity contribution < 1.29 is 4.79 Å². The summed E-state index contributed by atoms with van der Waals surface area (Å²) >= 11 is 10.8. The van der Waals surface area contributed by atoms with Gasteiger partial charge in [-0.1, -0.05) is 17.7 Å². The topological polar surface area (TPSA) is 29.1 Å². The Bertz CT molecular complexity index is 590. The predicted octanol–water partition coefficient (Wildman–Crippen LogP) is 5.03. The van der Waals surface area contributed by atoms with Crippen LogP contribution in [0.2, 0.25) is 5.02 Å². The Kier molecular flexibility index (Phi) is 4.10. The van der Waals surface area contributed by atoms with Crippen LogP contribution in [-0.2, 0) is 0 Å². The minimum atomic E-state index is -0.112. The number of thiophene rings is 1. The van der Waals surface area contributed by atoms with E-state index in [1.165, 1.54) is 11.3 Å². The molecule has 2 aromatic rings. The minimum absolute atomic E-state index is 0.112. The molecule has 0 bridgehead atoms. The largest absolute Gasteiger partial charge is 0.320 e. The van der Waals surface area contributed by atoms with Gasteiger partial charge in [0.2, 0.25) is 0 Å². The number of amides is 1. The van der Waals surface area contributed by atoms with Gasteiger partial charge in [0.05, 0.1) is 20.1 Å². The summed E-state index contributed by atoms with van der Waals surface area (Å²) in [6, 6.07) is 7.27. The Morgan fingerprint density at radius 3 is 2.72 bits per heavy atom. The van der Waals surface area contributed by atoms with Gasteiger partial charge in [0.15, 0.2) is 0 Å². The van der Waals surface area contributed by atoms with E-state index in [1.54, 1.807) is 18.2 Å². The monoisotopic (exact) mass is 343 g/mol. The van der Waals surface area contributed by atoms with Crippen molar-refractivity contribution in [2.75, 3.05) is 5.32 Å². The molecule has 0 spiro atoms. The minimum Gasteiger partial charge on any atom is -0.320 e. The first-order chi connectivity index (χ1) is 8.49. The highest BCUT2D eigenvalue weighted by Gasteiger charge is 2.12. The van der Waals surface area contributed by atoms with Gasteiger partial charge in [0.1, 0.15) is 0 Å². The van der Waals surface area contributed by atoms with Crippen molar-refractivity contribution in [2.24, 2.45) is 0 Å². The van der Waals surface area contributed by atoms with Gasteiger partial charge in [0.25, 0.3) is 5.91 Å². The second-order valence-electron chi connectivity index (χ2n) is 3.91. The Balaban J connectivity index is 2.24. The van der Waals surface area contributed by atoms with Gasteiger partial charge in [-0.3, -0.25) is 4.79 Å². The summed E-state index contributed by atoms with van der Waals surface area (Å²) in [6.45, 7) is 4.00. The molecule has 0 saturated carbocycles. The zero-order valence-corrected chi connectivity index (χ0v) is 13.0. The van der Waals surface area contributed by atoms with Crippen LogP contribution in [0.5, 0.6) is 0 Å². The number of carbonyl (C=O) groups excluding carboxylic acids is 1. The maximum Gasteiger partial charge on any atom is 0.265 e. The maximum absolute atomic E-state index is 12.1. The molecule has 2 rings (SSSR count). The SMILES string of the molecule is Cc1cc(C(=O)Nc2cccc(Cl)c2Br)sc1C. The highest BCUT2D eigenvalue weighted by molar-refractivity contribution is 9.10. The van der Waals surface area contributed by atoms with Gasteiger partial charge in [0, 0.05) is 4.88 Å². The number of hydrogen-bond donors (Lipinski definition) is 1. The van der Waals surface area contributed by atoms with Crippen LogP contribution < -0.4 is 5.32 Å². The zero-order chi connectivity index (χ0) is 13.3. The van der Waals surface area contributed by atoms with E-state index in [4.69, 9.17) is 11.6 Å². The first-order valence-electron chi connectivity index (χ1n) is 5.31. The summed E-state index contributed by atoms with van der Waals surface area (Å²) < 4.78 is 0.699. The van der Waals surface area contributed by atoms with Crippen LogP contribution in [0.3, 0.4) is 0 Å². The molecule has 0 saturated heterocycles. The standard InChI is InChI=1S/C13H11BrClNOS/c1-7-6-11(18-8(7)2)13(17)16-10-5-3-4-9(15)12(10)14/h3-6H,1-2H3,(H,16,17). The van der Waals surface area contributed by atoms with E-state index in [-0.39, 0.29) is 5.91 Å². The maximum atomic E-state index is 12.1. The summed E-state index contributed by atoms with van der Waals surface area (Å²) in [5, 5.41) is 3.42. The van der Waals surface area contributed by atoms with E-state index < -0.39 is 0 Å². The number of aryl methyl sites for hydroxylation is 2. The third kappa shape index (κ3) is 2.76. The average Bonchev–Trinajstić information content (AvgIpc) is 2.66. The third-order valence-corrected chi connectivity index (χ3v) is 5.14. The van der Waals surface area contributed by atoms with Crippen LogP contribution in [0.15, 0.2) is 28.7 Å². The van der Waals surface area contributed by atoms with Gasteiger partial charge in [-0.25, -0.2) is 0 Å². The fourth-order valence-corrected chi connectivity index (χ4v) is 2.94. The van der Waals surface area contributed by atoms with E-state index >= 15 is 0 Å². The lowest BCUT2D eigenvalue weighted by atomic mass is 10.2. The third-order valence-electron chi connectivity index (χ3n) is 2.59. The Morgan fingerprint density at radius 1 is 1.39 bits per heavy atom. The van der Waals surface area contributed by atoms with Crippen LogP contribution in [0.4, 0.5) is 5.69 Å². The highest BCUT2D eigenvalue weighted by Crippen LogP contribution is 2.31. The van der Waals surface area contributed by atoms with Crippen molar-refractivity contribution >= 4 is 50.5 Å². The van der Waals surface area contributed by atoms with Crippen molar-refractivity contribution in [1.82, 2.24) is 0 Å². The van der Waals surface area contributed by atoms with Gasteiger partial charge in [-0.05, 0) is 53.5 Å². The normalized spacial score (nSPS) is 10.4. The molecule has 0 radical (unpaired) electrons. The Hall–Kier alpha value is -0.840. The number of anilines is 1. The number of nitrogens with one attached hydrogen (secondary N) is 1. The molecule has 1 amide bonds. The van der Waals surface area contributed by atoms with Gasteiger partial charge >= 0.3 is 0 Å². The molecule has 2 nitrogen and oxygen atoms in total. The quantitative estimate of drug-likeness (QED) is 0.813. The van der Waals surface area contributed by atoms with Gasteiger partial charge in [-0.15, -0.1) is 11.3 Å². The van der Waals surface area contributed by atoms with Crippen molar-refractivity contribution in [3.8, 4) is 0 Å². The van der Waals surface area contributed by atoms with E-state index in [0.29, 0.717) is 20.1 Å². The van der Waals surface area contributed by atoms with Crippen molar-refractivity contribution in [3.05, 3.63) is 49.1 Å². The van der Waals surface area contributed by atoms with Crippen molar-refractivity contribution in [3.63, 3.8) is 0 Å². The lowest BCUT2D eigenvalue weighted by Gasteiger charge is -2.07. The van der Waals surface area contributed by atoms with Gasteiger partial charge in [-0.2, -0.15) is 0 Å². The molecular weight excluding hydrogens is 334 g/mol. The summed E-state index contributed by atoms with van der Waals surface area (Å²) in [5.74, 6) is -0.112. The Labute approximate surface area is 123 Å². The Morgan fingerprint density at radius 2 is 2.11 bits per heavy atom. The number of benzene rings is 1. The summed E-state index contributed by atoms with van der Waals surface area (Å²) in [4.78, 5) is 13.9. The molecule has 1 aromatic carbocycles. The molecule has 0 aliphatic rings. The molecule has 1 aromatic heterocycles. The second-order valence-corrected chi connectivity index (χ2v) is 6.36. The first-order valence-corrected chi connectivity index (χ1v) is 7.30. The fraction of sp³-hybridized carbons (Fsp3) is 0.154. The van der Waals surface area contributed by atoms with E-state index in [0.717, 1.165) is 10.4 Å². The lowest BCUT2D eigenvalue weighted by Crippen LogP contribution is -2.10. The number of rotatable bonds is 2. The predicted molar refractivity (Wildman–Crippen MR) is 80.9 cm³/mol. The van der Waals surface area contributed by atoms with E-state index in [1.807, 2.05) is 19.9 Å². The number of hydrogen-bond acceptors (Lipinski definition) is 2. The molecule has 0 unspecified atom stereocenters. The molecule has 0 atom stereocenters. The molecule has 5 heteroatoms. The van der Waals surface area contributed by atoms with Crippen LogP contribution in [0, 0.1) is 13.8 Å². The van der Waals surface area contributed by atoms with E-state index in [2.05, 4.69) is 21.2 Å². The van der Waals surface area contributed by atoms with Crippen LogP contribution in [-0.4, -0.2) is 5.91 Å². The molecule has 1 heterocycles. The number of halogens is 2. The lowest BCUT2D eigenvalue weighted by molar-refractivity contribution is 0.103. The average molecular weight is 345 g/mol. The van der Waals surface area contributed by atoms with Gasteiger partial charge < -0.3 is 5.32 Å². The molecular formula is C13H11BrClNOS. The molecule has 0 aliphatic carbocycles. The number of carbonyl (C=O) groups is 1. The molecule has 1 N–H and O–H groups in total. The molecule has 0 fully saturated rings. The van der Waals surface area contributed by atoms with Crippen LogP contribution in [0.1, 0.15) is 20.1 Å². The molecule has 0 aliphatic heterocycles. The van der Waals surface area contributed by atoms with Crippen LogP contribution in [0.25, 0.3) is 0 Å². The van der Waals surface area contributed by atoms with Crippen molar-refractivity contribution in [2.45, 2.75) is 13.8 Å². The zero-order valence-electron chi connectivity index (χ0n) is 9.88. The summed E-state index contributed by atoms with van der Waals surface area (Å²) in [6.07, 6.45) is 0.